The van der Waals surface area contributed by atoms with Gasteiger partial charge in [-0.1, -0.05) is 26.0 Å². The molecule has 2 nitrogen and oxygen atoms in total. The van der Waals surface area contributed by atoms with Crippen LogP contribution in [-0.4, -0.2) is 22.5 Å². The number of aromatic nitrogens is 1. The molecule has 0 saturated heterocycles. The average Bonchev–Trinajstić information content (AvgIpc) is 2.37. The van der Waals surface area contributed by atoms with E-state index in [0.29, 0.717) is 12.0 Å². The topological polar surface area (TPSA) is 16.1 Å². The molecule has 0 aliphatic heterocycles. The van der Waals surface area contributed by atoms with Crippen LogP contribution in [0.4, 0.5) is 0 Å². The van der Waals surface area contributed by atoms with Gasteiger partial charge in [-0.25, -0.2) is 0 Å². The molecule has 1 aromatic heterocycles. The van der Waals surface area contributed by atoms with E-state index < -0.39 is 0 Å². The van der Waals surface area contributed by atoms with Crippen LogP contribution >= 0.6 is 0 Å². The molecular weight excluding hydrogens is 232 g/mol. The standard InChI is InChI=1S/C17H24N2/c1-13(2)11-19(14(3)4)12-15-7-8-17-16(10-15)6-5-9-18-17/h5-10,13-14H,11-12H2,1-4H3. The number of pyridine rings is 1. The first-order valence-corrected chi connectivity index (χ1v) is 7.14. The minimum Gasteiger partial charge on any atom is -0.296 e. The largest absolute Gasteiger partial charge is 0.296 e. The fourth-order valence-electron chi connectivity index (χ4n) is 2.38. The zero-order valence-electron chi connectivity index (χ0n) is 12.4. The van der Waals surface area contributed by atoms with Crippen molar-refractivity contribution in [1.29, 1.82) is 0 Å². The number of fused-ring (bicyclic) bond motifs is 1. The molecule has 2 rings (SSSR count). The molecule has 0 N–H and O–H groups in total. The van der Waals surface area contributed by atoms with Gasteiger partial charge in [0.2, 0.25) is 0 Å². The molecule has 0 amide bonds. The third-order valence-corrected chi connectivity index (χ3v) is 3.38. The van der Waals surface area contributed by atoms with Gasteiger partial charge in [0.1, 0.15) is 0 Å². The van der Waals surface area contributed by atoms with Crippen LogP contribution in [0.15, 0.2) is 36.5 Å². The summed E-state index contributed by atoms with van der Waals surface area (Å²) in [6.07, 6.45) is 1.85. The smallest absolute Gasteiger partial charge is 0.0702 e. The number of rotatable bonds is 5. The molecular formula is C17H24N2. The monoisotopic (exact) mass is 256 g/mol. The molecule has 0 fully saturated rings. The third-order valence-electron chi connectivity index (χ3n) is 3.38. The van der Waals surface area contributed by atoms with Crippen LogP contribution in [0.5, 0.6) is 0 Å². The van der Waals surface area contributed by atoms with Gasteiger partial charge in [0.25, 0.3) is 0 Å². The molecule has 102 valence electrons. The highest BCUT2D eigenvalue weighted by Crippen LogP contribution is 2.16. The third kappa shape index (κ3) is 3.77. The highest BCUT2D eigenvalue weighted by molar-refractivity contribution is 5.78. The molecule has 19 heavy (non-hydrogen) atoms. The van der Waals surface area contributed by atoms with Gasteiger partial charge in [0, 0.05) is 30.7 Å². The lowest BCUT2D eigenvalue weighted by Gasteiger charge is -2.28. The van der Waals surface area contributed by atoms with Crippen LogP contribution in [0.3, 0.4) is 0 Å². The Balaban J connectivity index is 2.18. The van der Waals surface area contributed by atoms with Crippen molar-refractivity contribution in [3.63, 3.8) is 0 Å². The Morgan fingerprint density at radius 2 is 1.89 bits per heavy atom. The van der Waals surface area contributed by atoms with Crippen molar-refractivity contribution in [2.75, 3.05) is 6.54 Å². The fourth-order valence-corrected chi connectivity index (χ4v) is 2.38. The summed E-state index contributed by atoms with van der Waals surface area (Å²) in [4.78, 5) is 6.90. The van der Waals surface area contributed by atoms with E-state index in [1.165, 1.54) is 10.9 Å². The van der Waals surface area contributed by atoms with E-state index in [9.17, 15) is 0 Å². The first-order valence-electron chi connectivity index (χ1n) is 7.14. The molecule has 0 bridgehead atoms. The first-order chi connectivity index (χ1) is 9.06. The maximum absolute atomic E-state index is 4.37. The lowest BCUT2D eigenvalue weighted by Crippen LogP contribution is -2.33. The van der Waals surface area contributed by atoms with Crippen LogP contribution in [0.25, 0.3) is 10.9 Å². The zero-order valence-corrected chi connectivity index (χ0v) is 12.4. The number of nitrogens with zero attached hydrogens (tertiary/aromatic N) is 2. The molecule has 0 saturated carbocycles. The summed E-state index contributed by atoms with van der Waals surface area (Å²) < 4.78 is 0. The zero-order chi connectivity index (χ0) is 13.8. The van der Waals surface area contributed by atoms with Crippen LogP contribution in [0.2, 0.25) is 0 Å². The Morgan fingerprint density at radius 3 is 2.58 bits per heavy atom. The quantitative estimate of drug-likeness (QED) is 0.800. The lowest BCUT2D eigenvalue weighted by molar-refractivity contribution is 0.189. The van der Waals surface area contributed by atoms with Gasteiger partial charge in [-0.3, -0.25) is 9.88 Å². The van der Waals surface area contributed by atoms with Gasteiger partial charge < -0.3 is 0 Å². The highest BCUT2D eigenvalue weighted by atomic mass is 15.1. The molecule has 0 radical (unpaired) electrons. The van der Waals surface area contributed by atoms with E-state index in [1.807, 2.05) is 12.3 Å². The van der Waals surface area contributed by atoms with Gasteiger partial charge in [-0.2, -0.15) is 0 Å². The minimum absolute atomic E-state index is 0.576. The summed E-state index contributed by atoms with van der Waals surface area (Å²) in [5.41, 5.74) is 2.45. The Morgan fingerprint density at radius 1 is 1.11 bits per heavy atom. The Labute approximate surface area is 116 Å². The van der Waals surface area contributed by atoms with Crippen LogP contribution in [0, 0.1) is 5.92 Å². The molecule has 2 aromatic rings. The normalized spacial score (nSPS) is 11.9. The van der Waals surface area contributed by atoms with Gasteiger partial charge in [-0.05, 0) is 43.5 Å². The van der Waals surface area contributed by atoms with E-state index >= 15 is 0 Å². The van der Waals surface area contributed by atoms with Gasteiger partial charge in [0.05, 0.1) is 5.52 Å². The van der Waals surface area contributed by atoms with Crippen molar-refractivity contribution in [3.8, 4) is 0 Å². The number of hydrogen-bond acceptors (Lipinski definition) is 2. The summed E-state index contributed by atoms with van der Waals surface area (Å²) in [5, 5.41) is 1.23. The van der Waals surface area contributed by atoms with E-state index in [2.05, 4.69) is 61.8 Å². The maximum atomic E-state index is 4.37. The second kappa shape index (κ2) is 6.16. The average molecular weight is 256 g/mol. The summed E-state index contributed by atoms with van der Waals surface area (Å²) in [5.74, 6) is 0.699. The predicted molar refractivity (Wildman–Crippen MR) is 82.1 cm³/mol. The summed E-state index contributed by atoms with van der Waals surface area (Å²) in [7, 11) is 0. The second-order valence-corrected chi connectivity index (χ2v) is 5.95. The SMILES string of the molecule is CC(C)CN(Cc1ccc2ncccc2c1)C(C)C. The highest BCUT2D eigenvalue weighted by Gasteiger charge is 2.12. The van der Waals surface area contributed by atoms with E-state index in [1.54, 1.807) is 0 Å². The summed E-state index contributed by atoms with van der Waals surface area (Å²) in [6.45, 7) is 11.2. The van der Waals surface area contributed by atoms with Crippen molar-refractivity contribution in [2.24, 2.45) is 5.92 Å². The Hall–Kier alpha value is -1.41. The molecule has 1 aromatic carbocycles. The van der Waals surface area contributed by atoms with Crippen LogP contribution < -0.4 is 0 Å². The molecule has 0 aliphatic rings. The first kappa shape index (κ1) is 14.0. The number of hydrogen-bond donors (Lipinski definition) is 0. The summed E-state index contributed by atoms with van der Waals surface area (Å²) in [6, 6.07) is 11.3. The fraction of sp³-hybridized carbons (Fsp3) is 0.471. The van der Waals surface area contributed by atoms with Crippen molar-refractivity contribution in [1.82, 2.24) is 9.88 Å². The van der Waals surface area contributed by atoms with Crippen molar-refractivity contribution in [2.45, 2.75) is 40.3 Å². The number of benzene rings is 1. The molecule has 0 atom stereocenters. The van der Waals surface area contributed by atoms with E-state index in [4.69, 9.17) is 0 Å². The maximum Gasteiger partial charge on any atom is 0.0702 e. The van der Waals surface area contributed by atoms with E-state index in [0.717, 1.165) is 18.6 Å². The van der Waals surface area contributed by atoms with Gasteiger partial charge in [-0.15, -0.1) is 0 Å². The minimum atomic E-state index is 0.576. The molecule has 1 heterocycles. The van der Waals surface area contributed by atoms with Gasteiger partial charge >= 0.3 is 0 Å². The van der Waals surface area contributed by atoms with E-state index in [-0.39, 0.29) is 0 Å². The second-order valence-electron chi connectivity index (χ2n) is 5.95. The van der Waals surface area contributed by atoms with Gasteiger partial charge in [0.15, 0.2) is 0 Å². The Bertz CT molecular complexity index is 532. The van der Waals surface area contributed by atoms with Crippen LogP contribution in [-0.2, 0) is 6.54 Å². The summed E-state index contributed by atoms with van der Waals surface area (Å²) >= 11 is 0. The van der Waals surface area contributed by atoms with Crippen molar-refractivity contribution in [3.05, 3.63) is 42.1 Å². The lowest BCUT2D eigenvalue weighted by atomic mass is 10.1. The predicted octanol–water partition coefficient (Wildman–Crippen LogP) is 4.10. The molecule has 0 aliphatic carbocycles. The Kier molecular flexibility index (Phi) is 4.54. The molecule has 2 heteroatoms. The molecule has 0 spiro atoms. The molecule has 0 unspecified atom stereocenters. The van der Waals surface area contributed by atoms with Crippen LogP contribution in [0.1, 0.15) is 33.3 Å². The van der Waals surface area contributed by atoms with Crippen molar-refractivity contribution >= 4 is 10.9 Å². The van der Waals surface area contributed by atoms with Crippen molar-refractivity contribution < 1.29 is 0 Å².